The molecule has 0 aromatic heterocycles. The topological polar surface area (TPSA) is 41.9 Å². The molecule has 4 heteroatoms. The second-order valence-electron chi connectivity index (χ2n) is 6.78. The summed E-state index contributed by atoms with van der Waals surface area (Å²) >= 11 is 0. The van der Waals surface area contributed by atoms with Crippen molar-refractivity contribution in [2.45, 2.75) is 39.2 Å². The lowest BCUT2D eigenvalue weighted by atomic mass is 9.94. The predicted octanol–water partition coefficient (Wildman–Crippen LogP) is 4.07. The van der Waals surface area contributed by atoms with Crippen LogP contribution in [0.1, 0.15) is 32.8 Å². The average Bonchev–Trinajstić information content (AvgIpc) is 2.95. The Bertz CT molecular complexity index is 573. The van der Waals surface area contributed by atoms with Crippen molar-refractivity contribution in [2.24, 2.45) is 10.9 Å². The molecule has 124 valence electrons. The molecule has 0 saturated carbocycles. The van der Waals surface area contributed by atoms with Crippen LogP contribution in [0.15, 0.2) is 48.0 Å². The van der Waals surface area contributed by atoms with Crippen LogP contribution in [-0.2, 0) is 11.2 Å². The number of carbonyl (C=O) groups is 1. The molecule has 1 aromatic rings. The van der Waals surface area contributed by atoms with Gasteiger partial charge in [-0.1, -0.05) is 36.4 Å². The molecule has 1 atom stereocenters. The molecular formula is C19H26N2O2. The van der Waals surface area contributed by atoms with Crippen LogP contribution < -0.4 is 0 Å². The van der Waals surface area contributed by atoms with E-state index in [-0.39, 0.29) is 12.0 Å². The molecule has 0 saturated heterocycles. The maximum atomic E-state index is 12.4. The molecule has 2 rings (SSSR count). The molecule has 0 radical (unpaired) electrons. The van der Waals surface area contributed by atoms with Crippen LogP contribution in [0.25, 0.3) is 0 Å². The highest BCUT2D eigenvalue weighted by molar-refractivity contribution is 5.98. The maximum Gasteiger partial charge on any atom is 0.415 e. The fourth-order valence-electron chi connectivity index (χ4n) is 2.70. The van der Waals surface area contributed by atoms with Gasteiger partial charge in [-0.15, -0.1) is 6.58 Å². The number of amides is 1. The van der Waals surface area contributed by atoms with Gasteiger partial charge in [0.2, 0.25) is 0 Å². The number of rotatable bonds is 5. The van der Waals surface area contributed by atoms with Gasteiger partial charge in [-0.25, -0.2) is 4.79 Å². The fraction of sp³-hybridized carbons (Fsp3) is 0.474. The number of aliphatic imine (C=N–C) groups is 1. The van der Waals surface area contributed by atoms with Gasteiger partial charge in [-0.2, -0.15) is 0 Å². The standard InChI is InChI=1S/C19H26N2O2/c1-5-9-16(14-15-10-7-6-8-11-15)17-20-12-13-21(17)18(22)23-19(2,3)4/h5-8,10-11,16H,1,9,12-14H2,2-4H3. The summed E-state index contributed by atoms with van der Waals surface area (Å²) in [7, 11) is 0. The molecule has 0 fully saturated rings. The van der Waals surface area contributed by atoms with Gasteiger partial charge in [-0.3, -0.25) is 9.89 Å². The lowest BCUT2D eigenvalue weighted by molar-refractivity contribution is 0.0377. The first-order valence-electron chi connectivity index (χ1n) is 8.10. The quantitative estimate of drug-likeness (QED) is 0.769. The van der Waals surface area contributed by atoms with E-state index in [1.54, 1.807) is 4.90 Å². The number of carbonyl (C=O) groups excluding carboxylic acids is 1. The molecule has 1 aromatic carbocycles. The lowest BCUT2D eigenvalue weighted by Crippen LogP contribution is -2.42. The van der Waals surface area contributed by atoms with Gasteiger partial charge < -0.3 is 4.74 Å². The number of allylic oxidation sites excluding steroid dienone is 1. The highest BCUT2D eigenvalue weighted by Gasteiger charge is 2.32. The Balaban J connectivity index is 2.14. The van der Waals surface area contributed by atoms with E-state index in [2.05, 4.69) is 23.7 Å². The summed E-state index contributed by atoms with van der Waals surface area (Å²) in [6.07, 6.45) is 3.20. The van der Waals surface area contributed by atoms with Gasteiger partial charge in [0.25, 0.3) is 0 Å². The Kier molecular flexibility index (Phi) is 5.59. The van der Waals surface area contributed by atoms with Gasteiger partial charge in [0, 0.05) is 5.92 Å². The van der Waals surface area contributed by atoms with Crippen molar-refractivity contribution < 1.29 is 9.53 Å². The van der Waals surface area contributed by atoms with Gasteiger partial charge in [0.1, 0.15) is 11.4 Å². The molecule has 0 aliphatic carbocycles. The third kappa shape index (κ3) is 4.95. The van der Waals surface area contributed by atoms with E-state index in [1.165, 1.54) is 5.56 Å². The first-order chi connectivity index (χ1) is 10.9. The lowest BCUT2D eigenvalue weighted by Gasteiger charge is -2.28. The van der Waals surface area contributed by atoms with E-state index >= 15 is 0 Å². The van der Waals surface area contributed by atoms with Crippen LogP contribution >= 0.6 is 0 Å². The fourth-order valence-corrected chi connectivity index (χ4v) is 2.70. The highest BCUT2D eigenvalue weighted by Crippen LogP contribution is 2.22. The SMILES string of the molecule is C=CCC(Cc1ccccc1)C1=NCCN1C(=O)OC(C)(C)C. The first kappa shape index (κ1) is 17.3. The van der Waals surface area contributed by atoms with Crippen LogP contribution in [0.4, 0.5) is 4.79 Å². The van der Waals surface area contributed by atoms with Crippen molar-refractivity contribution in [2.75, 3.05) is 13.1 Å². The molecule has 4 nitrogen and oxygen atoms in total. The van der Waals surface area contributed by atoms with E-state index in [9.17, 15) is 4.79 Å². The van der Waals surface area contributed by atoms with E-state index in [0.29, 0.717) is 13.1 Å². The van der Waals surface area contributed by atoms with E-state index in [4.69, 9.17) is 4.74 Å². The minimum absolute atomic E-state index is 0.143. The smallest absolute Gasteiger partial charge is 0.415 e. The molecule has 1 amide bonds. The van der Waals surface area contributed by atoms with Crippen molar-refractivity contribution in [1.29, 1.82) is 0 Å². The Morgan fingerprint density at radius 1 is 1.39 bits per heavy atom. The van der Waals surface area contributed by atoms with Crippen LogP contribution in [-0.4, -0.2) is 35.5 Å². The van der Waals surface area contributed by atoms with E-state index < -0.39 is 5.60 Å². The average molecular weight is 314 g/mol. The van der Waals surface area contributed by atoms with Crippen LogP contribution in [0.2, 0.25) is 0 Å². The minimum atomic E-state index is -0.502. The zero-order valence-electron chi connectivity index (χ0n) is 14.3. The van der Waals surface area contributed by atoms with Gasteiger partial charge >= 0.3 is 6.09 Å². The van der Waals surface area contributed by atoms with Crippen molar-refractivity contribution in [3.63, 3.8) is 0 Å². The van der Waals surface area contributed by atoms with Crippen molar-refractivity contribution in [1.82, 2.24) is 4.90 Å². The maximum absolute atomic E-state index is 12.4. The third-order valence-electron chi connectivity index (χ3n) is 3.63. The number of nitrogens with zero attached hydrogens (tertiary/aromatic N) is 2. The summed E-state index contributed by atoms with van der Waals surface area (Å²) in [5.74, 6) is 0.966. The van der Waals surface area contributed by atoms with E-state index in [0.717, 1.165) is 18.7 Å². The second-order valence-corrected chi connectivity index (χ2v) is 6.78. The normalized spacial score (nSPS) is 16.0. The summed E-state index contributed by atoms with van der Waals surface area (Å²) < 4.78 is 5.51. The van der Waals surface area contributed by atoms with Crippen LogP contribution in [0.5, 0.6) is 0 Å². The molecule has 0 spiro atoms. The van der Waals surface area contributed by atoms with Gasteiger partial charge in [-0.05, 0) is 39.2 Å². The third-order valence-corrected chi connectivity index (χ3v) is 3.63. The summed E-state index contributed by atoms with van der Waals surface area (Å²) in [5, 5.41) is 0. The monoisotopic (exact) mass is 314 g/mol. The zero-order valence-corrected chi connectivity index (χ0v) is 14.3. The molecule has 23 heavy (non-hydrogen) atoms. The molecular weight excluding hydrogens is 288 g/mol. The van der Waals surface area contributed by atoms with Gasteiger partial charge in [0.15, 0.2) is 0 Å². The molecule has 1 unspecified atom stereocenters. The zero-order chi connectivity index (χ0) is 16.9. The summed E-state index contributed by atoms with van der Waals surface area (Å²) in [6, 6.07) is 10.3. The number of hydrogen-bond donors (Lipinski definition) is 0. The van der Waals surface area contributed by atoms with E-state index in [1.807, 2.05) is 45.0 Å². The molecule has 0 bridgehead atoms. The number of amidine groups is 1. The Morgan fingerprint density at radius 3 is 2.70 bits per heavy atom. The second kappa shape index (κ2) is 7.44. The first-order valence-corrected chi connectivity index (χ1v) is 8.10. The van der Waals surface area contributed by atoms with Gasteiger partial charge in [0.05, 0.1) is 13.1 Å². The number of ether oxygens (including phenoxy) is 1. The number of benzene rings is 1. The van der Waals surface area contributed by atoms with Crippen LogP contribution in [0, 0.1) is 5.92 Å². The molecule has 1 aliphatic rings. The Morgan fingerprint density at radius 2 is 2.09 bits per heavy atom. The van der Waals surface area contributed by atoms with Crippen molar-refractivity contribution >= 4 is 11.9 Å². The van der Waals surface area contributed by atoms with Crippen molar-refractivity contribution in [3.8, 4) is 0 Å². The minimum Gasteiger partial charge on any atom is -0.443 e. The Labute approximate surface area is 138 Å². The summed E-state index contributed by atoms with van der Waals surface area (Å²) in [5.41, 5.74) is 0.733. The van der Waals surface area contributed by atoms with Crippen molar-refractivity contribution in [3.05, 3.63) is 48.6 Å². The Hall–Kier alpha value is -2.10. The molecule has 1 aliphatic heterocycles. The van der Waals surface area contributed by atoms with Crippen LogP contribution in [0.3, 0.4) is 0 Å². The highest BCUT2D eigenvalue weighted by atomic mass is 16.6. The summed E-state index contributed by atoms with van der Waals surface area (Å²) in [4.78, 5) is 18.7. The predicted molar refractivity (Wildman–Crippen MR) is 93.7 cm³/mol. The number of hydrogen-bond acceptors (Lipinski definition) is 3. The largest absolute Gasteiger partial charge is 0.443 e. The summed E-state index contributed by atoms with van der Waals surface area (Å²) in [6.45, 7) is 10.7. The molecule has 0 N–H and O–H groups in total. The molecule has 1 heterocycles.